The first-order valence-electron chi connectivity index (χ1n) is 10.4. The third-order valence-electron chi connectivity index (χ3n) is 5.33. The van der Waals surface area contributed by atoms with E-state index >= 15 is 4.39 Å². The van der Waals surface area contributed by atoms with Crippen molar-refractivity contribution in [3.63, 3.8) is 0 Å². The molecule has 0 aromatic heterocycles. The molecule has 0 aliphatic heterocycles. The van der Waals surface area contributed by atoms with E-state index in [9.17, 15) is 35.9 Å². The Morgan fingerprint density at radius 2 is 1.58 bits per heavy atom. The van der Waals surface area contributed by atoms with Crippen LogP contribution in [-0.2, 0) is 11.0 Å². The van der Waals surface area contributed by atoms with Crippen LogP contribution in [0.2, 0.25) is 15.1 Å². The largest absolute Gasteiger partial charge is 0.417 e. The lowest BCUT2D eigenvalue weighted by Gasteiger charge is -2.24. The minimum atomic E-state index is -5.34. The second kappa shape index (κ2) is 12.0. The van der Waals surface area contributed by atoms with E-state index in [1.54, 1.807) is 0 Å². The van der Waals surface area contributed by atoms with Crippen molar-refractivity contribution in [3.05, 3.63) is 85.9 Å². The van der Waals surface area contributed by atoms with E-state index < -0.39 is 69.6 Å². The quantitative estimate of drug-likeness (QED) is 0.183. The molecule has 0 bridgehead atoms. The van der Waals surface area contributed by atoms with Crippen LogP contribution >= 0.6 is 34.8 Å². The highest BCUT2D eigenvalue weighted by Crippen LogP contribution is 2.45. The van der Waals surface area contributed by atoms with E-state index in [0.29, 0.717) is 12.1 Å². The summed E-state index contributed by atoms with van der Waals surface area (Å²) in [6.07, 6.45) is -9.28. The fraction of sp³-hybridized carbons (Fsp3) is 0.250. The Morgan fingerprint density at radius 1 is 1.05 bits per heavy atom. The maximum Gasteiger partial charge on any atom is 0.417 e. The van der Waals surface area contributed by atoms with Gasteiger partial charge in [0.2, 0.25) is 11.8 Å². The molecule has 38 heavy (non-hydrogen) atoms. The number of primary amides is 1. The van der Waals surface area contributed by atoms with Crippen molar-refractivity contribution in [1.29, 1.82) is 0 Å². The van der Waals surface area contributed by atoms with Crippen LogP contribution in [0.3, 0.4) is 0 Å². The average Bonchev–Trinajstić information content (AvgIpc) is 2.80. The SMILES string of the molecule is C=CCNC(=O)[C@H](C)c1c(/C(F)=C/C(c2cc(Cl)c(Cl)c(Cl)c2)C(F)(F)F)ccc(C(N)=O)c1C(F)(F)F. The number of rotatable bonds is 8. The standard InChI is InChI=1S/C24H18Cl3F7N2O2/c1-3-6-36-22(38)10(2)18-12(4-5-13(21(35)37)19(18)24(32,33)34)17(28)9-14(23(29,30)31)11-7-15(25)20(27)16(26)8-11/h3-5,7-10,14H,1,6H2,2H3,(H2,35,37)(H,36,38)/b17-9-/t10-,14?/m1/s1. The summed E-state index contributed by atoms with van der Waals surface area (Å²) in [7, 11) is 0. The molecule has 206 valence electrons. The van der Waals surface area contributed by atoms with E-state index in [0.717, 1.165) is 19.1 Å². The monoisotopic (exact) mass is 604 g/mol. The summed E-state index contributed by atoms with van der Waals surface area (Å²) < 4.78 is 99.8. The van der Waals surface area contributed by atoms with Crippen LogP contribution in [0.4, 0.5) is 30.7 Å². The topological polar surface area (TPSA) is 72.2 Å². The zero-order valence-corrected chi connectivity index (χ0v) is 21.5. The van der Waals surface area contributed by atoms with Crippen molar-refractivity contribution in [2.45, 2.75) is 31.1 Å². The number of nitrogens with two attached hydrogens (primary N) is 1. The highest BCUT2D eigenvalue weighted by Gasteiger charge is 2.43. The molecule has 2 rings (SSSR count). The van der Waals surface area contributed by atoms with Crippen LogP contribution < -0.4 is 11.1 Å². The summed E-state index contributed by atoms with van der Waals surface area (Å²) in [6, 6.07) is 2.72. The zero-order valence-electron chi connectivity index (χ0n) is 19.2. The molecule has 0 aliphatic rings. The minimum absolute atomic E-state index is 0.00713. The Balaban J connectivity index is 2.90. The van der Waals surface area contributed by atoms with E-state index in [4.69, 9.17) is 40.5 Å². The van der Waals surface area contributed by atoms with E-state index in [1.807, 2.05) is 0 Å². The maximum absolute atomic E-state index is 15.6. The van der Waals surface area contributed by atoms with Crippen molar-refractivity contribution in [2.24, 2.45) is 5.73 Å². The third kappa shape index (κ3) is 7.00. The highest BCUT2D eigenvalue weighted by atomic mass is 35.5. The van der Waals surface area contributed by atoms with Crippen LogP contribution in [-0.4, -0.2) is 24.5 Å². The van der Waals surface area contributed by atoms with Crippen LogP contribution in [0.15, 0.2) is 43.0 Å². The Hall–Kier alpha value is -2.76. The fourth-order valence-corrected chi connectivity index (χ4v) is 4.23. The van der Waals surface area contributed by atoms with Gasteiger partial charge in [-0.1, -0.05) is 46.9 Å². The Morgan fingerprint density at radius 3 is 2.03 bits per heavy atom. The summed E-state index contributed by atoms with van der Waals surface area (Å²) in [5, 5.41) is 1.21. The Bertz CT molecular complexity index is 1270. The molecule has 1 unspecified atom stereocenters. The molecule has 4 nitrogen and oxygen atoms in total. The molecule has 0 aliphatic carbocycles. The number of carbonyl (C=O) groups excluding carboxylic acids is 2. The van der Waals surface area contributed by atoms with Crippen molar-refractivity contribution >= 4 is 52.4 Å². The van der Waals surface area contributed by atoms with Crippen molar-refractivity contribution in [1.82, 2.24) is 5.32 Å². The molecule has 0 saturated carbocycles. The lowest BCUT2D eigenvalue weighted by Crippen LogP contribution is -2.31. The molecule has 2 amide bonds. The predicted octanol–water partition coefficient (Wildman–Crippen LogP) is 7.83. The number of halogens is 10. The lowest BCUT2D eigenvalue weighted by atomic mass is 9.85. The number of benzene rings is 2. The maximum atomic E-state index is 15.6. The minimum Gasteiger partial charge on any atom is -0.366 e. The molecule has 0 saturated heterocycles. The number of hydrogen-bond acceptors (Lipinski definition) is 2. The predicted molar refractivity (Wildman–Crippen MR) is 131 cm³/mol. The number of alkyl halides is 6. The van der Waals surface area contributed by atoms with Gasteiger partial charge in [0.15, 0.2) is 0 Å². The molecule has 2 aromatic carbocycles. The first kappa shape index (κ1) is 31.5. The van der Waals surface area contributed by atoms with Gasteiger partial charge in [-0.3, -0.25) is 9.59 Å². The highest BCUT2D eigenvalue weighted by molar-refractivity contribution is 6.48. The number of hydrogen-bond donors (Lipinski definition) is 2. The van der Waals surface area contributed by atoms with Crippen LogP contribution in [0.5, 0.6) is 0 Å². The number of amides is 2. The lowest BCUT2D eigenvalue weighted by molar-refractivity contribution is -0.140. The van der Waals surface area contributed by atoms with E-state index in [-0.39, 0.29) is 27.7 Å². The average molecular weight is 606 g/mol. The second-order valence-electron chi connectivity index (χ2n) is 7.90. The smallest absolute Gasteiger partial charge is 0.366 e. The van der Waals surface area contributed by atoms with Gasteiger partial charge in [-0.05, 0) is 42.3 Å². The summed E-state index contributed by atoms with van der Waals surface area (Å²) >= 11 is 17.4. The number of nitrogens with one attached hydrogen (secondary N) is 1. The molecule has 0 radical (unpaired) electrons. The van der Waals surface area contributed by atoms with E-state index in [1.165, 1.54) is 6.08 Å². The molecule has 3 N–H and O–H groups in total. The Kier molecular flexibility index (Phi) is 9.90. The van der Waals surface area contributed by atoms with Gasteiger partial charge in [0, 0.05) is 12.1 Å². The van der Waals surface area contributed by atoms with Crippen molar-refractivity contribution < 1.29 is 40.3 Å². The number of allylic oxidation sites excluding steroid dienone is 1. The molecule has 0 heterocycles. The molecular formula is C24H18Cl3F7N2O2. The van der Waals surface area contributed by atoms with Gasteiger partial charge in [0.05, 0.1) is 32.1 Å². The first-order valence-corrected chi connectivity index (χ1v) is 11.6. The van der Waals surface area contributed by atoms with Gasteiger partial charge in [-0.2, -0.15) is 26.3 Å². The summed E-state index contributed by atoms with van der Waals surface area (Å²) in [6.45, 7) is 4.13. The van der Waals surface area contributed by atoms with Crippen LogP contribution in [0.25, 0.3) is 5.83 Å². The molecule has 14 heteroatoms. The molecule has 2 aromatic rings. The van der Waals surface area contributed by atoms with Crippen molar-refractivity contribution in [2.75, 3.05) is 6.54 Å². The van der Waals surface area contributed by atoms with Crippen molar-refractivity contribution in [3.8, 4) is 0 Å². The molecular weight excluding hydrogens is 588 g/mol. The van der Waals surface area contributed by atoms with E-state index in [2.05, 4.69) is 11.9 Å². The Labute approximate surface area is 227 Å². The van der Waals surface area contributed by atoms with Crippen LogP contribution in [0, 0.1) is 0 Å². The third-order valence-corrected chi connectivity index (χ3v) is 6.53. The molecule has 2 atom stereocenters. The van der Waals surface area contributed by atoms with Gasteiger partial charge >= 0.3 is 12.4 Å². The van der Waals surface area contributed by atoms with Gasteiger partial charge < -0.3 is 11.1 Å². The molecule has 0 fully saturated rings. The molecule has 0 spiro atoms. The van der Waals surface area contributed by atoms with Gasteiger partial charge in [0.1, 0.15) is 11.7 Å². The summed E-state index contributed by atoms with van der Waals surface area (Å²) in [5.41, 5.74) is -0.539. The summed E-state index contributed by atoms with van der Waals surface area (Å²) in [5.74, 6) is -8.89. The second-order valence-corrected chi connectivity index (χ2v) is 9.09. The van der Waals surface area contributed by atoms with Gasteiger partial charge in [-0.15, -0.1) is 6.58 Å². The fourth-order valence-electron chi connectivity index (χ4n) is 3.62. The summed E-state index contributed by atoms with van der Waals surface area (Å²) in [4.78, 5) is 24.3. The number of carbonyl (C=O) groups is 2. The first-order chi connectivity index (χ1) is 17.4. The zero-order chi connectivity index (χ0) is 29.2. The normalized spacial score (nSPS) is 14.1. The van der Waals surface area contributed by atoms with Gasteiger partial charge in [-0.25, -0.2) is 4.39 Å². The van der Waals surface area contributed by atoms with Gasteiger partial charge in [0.25, 0.3) is 0 Å². The van der Waals surface area contributed by atoms with Crippen LogP contribution in [0.1, 0.15) is 51.4 Å².